The van der Waals surface area contributed by atoms with Crippen molar-refractivity contribution in [1.82, 2.24) is 0 Å². The number of para-hydroxylation sites is 1. The normalized spacial score (nSPS) is 16.6. The molecule has 3 rings (SSSR count). The molecule has 0 aliphatic carbocycles. The van der Waals surface area contributed by atoms with Crippen LogP contribution < -0.4 is 4.90 Å². The van der Waals surface area contributed by atoms with Crippen LogP contribution in [0, 0.1) is 23.1 Å². The first-order valence-electron chi connectivity index (χ1n) is 8.38. The van der Waals surface area contributed by atoms with Gasteiger partial charge in [0.25, 0.3) is 0 Å². The van der Waals surface area contributed by atoms with Crippen LogP contribution in [0.4, 0.5) is 10.1 Å². The minimum absolute atomic E-state index is 0.00638. The van der Waals surface area contributed by atoms with Crippen molar-refractivity contribution in [2.75, 3.05) is 11.5 Å². The van der Waals surface area contributed by atoms with Crippen LogP contribution in [0.25, 0.3) is 0 Å². The maximum atomic E-state index is 14.3. The third-order valence-electron chi connectivity index (χ3n) is 4.45. The van der Waals surface area contributed by atoms with E-state index in [1.165, 1.54) is 11.0 Å². The lowest BCUT2D eigenvalue weighted by Gasteiger charge is -2.19. The van der Waals surface area contributed by atoms with E-state index in [-0.39, 0.29) is 13.2 Å². The molecule has 2 unspecified atom stereocenters. The molecule has 1 aliphatic heterocycles. The molecular formula is C20H16BrFN2O3. The van der Waals surface area contributed by atoms with Crippen molar-refractivity contribution in [2.45, 2.75) is 19.4 Å². The molecule has 1 aliphatic rings. The number of halogens is 2. The summed E-state index contributed by atoms with van der Waals surface area (Å²) in [4.78, 5) is 26.7. The average molecular weight is 431 g/mol. The number of benzene rings is 2. The number of nitriles is 1. The summed E-state index contributed by atoms with van der Waals surface area (Å²) in [5.74, 6) is -3.81. The van der Waals surface area contributed by atoms with Crippen LogP contribution in [0.15, 0.2) is 46.9 Å². The van der Waals surface area contributed by atoms with Gasteiger partial charge in [-0.05, 0) is 30.7 Å². The Balaban J connectivity index is 1.99. The highest BCUT2D eigenvalue weighted by Gasteiger charge is 2.45. The number of hydrogen-bond donors (Lipinski definition) is 0. The van der Waals surface area contributed by atoms with E-state index in [4.69, 9.17) is 4.74 Å². The number of fused-ring (bicyclic) bond motifs is 1. The zero-order valence-corrected chi connectivity index (χ0v) is 16.1. The van der Waals surface area contributed by atoms with E-state index in [0.717, 1.165) is 0 Å². The summed E-state index contributed by atoms with van der Waals surface area (Å²) in [5, 5.41) is 9.49. The lowest BCUT2D eigenvalue weighted by molar-refractivity contribution is -0.148. The fourth-order valence-corrected chi connectivity index (χ4v) is 3.55. The van der Waals surface area contributed by atoms with E-state index < -0.39 is 29.5 Å². The molecule has 138 valence electrons. The number of nitrogens with zero attached hydrogens (tertiary/aromatic N) is 2. The Morgan fingerprint density at radius 2 is 2.11 bits per heavy atom. The van der Waals surface area contributed by atoms with Crippen molar-refractivity contribution in [3.8, 4) is 6.07 Å². The number of anilines is 1. The van der Waals surface area contributed by atoms with Crippen molar-refractivity contribution in [3.63, 3.8) is 0 Å². The van der Waals surface area contributed by atoms with Gasteiger partial charge in [-0.25, -0.2) is 4.39 Å². The van der Waals surface area contributed by atoms with Gasteiger partial charge in [-0.2, -0.15) is 5.26 Å². The highest BCUT2D eigenvalue weighted by Crippen LogP contribution is 2.42. The van der Waals surface area contributed by atoms with E-state index in [1.807, 2.05) is 6.07 Å². The number of carbonyl (C=O) groups excluding carboxylic acids is 2. The number of rotatable bonds is 5. The van der Waals surface area contributed by atoms with Crippen LogP contribution in [0.1, 0.15) is 24.0 Å². The SMILES string of the molecule is CCOC(=O)C(C#N)C1C(=O)N(Cc2ccc(Br)cc2F)c2ccccc21. The second-order valence-corrected chi connectivity index (χ2v) is 6.97. The van der Waals surface area contributed by atoms with Gasteiger partial charge in [0.2, 0.25) is 5.91 Å². The zero-order valence-electron chi connectivity index (χ0n) is 14.5. The topological polar surface area (TPSA) is 70.4 Å². The summed E-state index contributed by atoms with van der Waals surface area (Å²) in [7, 11) is 0. The first-order chi connectivity index (χ1) is 13.0. The van der Waals surface area contributed by atoms with Gasteiger partial charge in [-0.15, -0.1) is 0 Å². The quantitative estimate of drug-likeness (QED) is 0.673. The Kier molecular flexibility index (Phi) is 5.57. The molecule has 1 amide bonds. The second-order valence-electron chi connectivity index (χ2n) is 6.06. The Hall–Kier alpha value is -2.72. The van der Waals surface area contributed by atoms with Crippen LogP contribution in [0.2, 0.25) is 0 Å². The number of amides is 1. The summed E-state index contributed by atoms with van der Waals surface area (Å²) in [5.41, 5.74) is 1.48. The molecule has 7 heteroatoms. The molecule has 0 aromatic heterocycles. The lowest BCUT2D eigenvalue weighted by Crippen LogP contribution is -2.34. The lowest BCUT2D eigenvalue weighted by atomic mass is 9.88. The van der Waals surface area contributed by atoms with Crippen LogP contribution in [0.3, 0.4) is 0 Å². The average Bonchev–Trinajstić information content (AvgIpc) is 2.91. The third-order valence-corrected chi connectivity index (χ3v) is 4.94. The van der Waals surface area contributed by atoms with Gasteiger partial charge in [0.1, 0.15) is 5.82 Å². The van der Waals surface area contributed by atoms with Crippen molar-refractivity contribution >= 4 is 33.5 Å². The molecule has 0 radical (unpaired) electrons. The fourth-order valence-electron chi connectivity index (χ4n) is 3.22. The van der Waals surface area contributed by atoms with E-state index in [0.29, 0.717) is 21.3 Å². The summed E-state index contributed by atoms with van der Waals surface area (Å²) in [6.45, 7) is 1.76. The predicted molar refractivity (Wildman–Crippen MR) is 100 cm³/mol. The molecule has 0 spiro atoms. The maximum absolute atomic E-state index is 14.3. The van der Waals surface area contributed by atoms with E-state index in [9.17, 15) is 19.2 Å². The summed E-state index contributed by atoms with van der Waals surface area (Å²) >= 11 is 3.21. The first-order valence-corrected chi connectivity index (χ1v) is 9.17. The van der Waals surface area contributed by atoms with Crippen LogP contribution in [-0.2, 0) is 20.9 Å². The van der Waals surface area contributed by atoms with Gasteiger partial charge in [-0.1, -0.05) is 40.2 Å². The monoisotopic (exact) mass is 430 g/mol. The van der Waals surface area contributed by atoms with Crippen molar-refractivity contribution < 1.29 is 18.7 Å². The summed E-state index contributed by atoms with van der Waals surface area (Å²) < 4.78 is 19.8. The van der Waals surface area contributed by atoms with Gasteiger partial charge < -0.3 is 9.64 Å². The summed E-state index contributed by atoms with van der Waals surface area (Å²) in [6, 6.07) is 13.4. The number of ether oxygens (including phenoxy) is 1. The fraction of sp³-hybridized carbons (Fsp3) is 0.250. The molecule has 0 bridgehead atoms. The second kappa shape index (κ2) is 7.89. The van der Waals surface area contributed by atoms with Gasteiger partial charge in [-0.3, -0.25) is 9.59 Å². The highest BCUT2D eigenvalue weighted by molar-refractivity contribution is 9.10. The highest BCUT2D eigenvalue weighted by atomic mass is 79.9. The predicted octanol–water partition coefficient (Wildman–Crippen LogP) is 3.92. The van der Waals surface area contributed by atoms with Crippen LogP contribution in [-0.4, -0.2) is 18.5 Å². The molecule has 1 heterocycles. The Bertz CT molecular complexity index is 941. The molecule has 2 atom stereocenters. The van der Waals surface area contributed by atoms with Crippen molar-refractivity contribution in [2.24, 2.45) is 5.92 Å². The Morgan fingerprint density at radius 1 is 1.37 bits per heavy atom. The standard InChI is InChI=1S/C20H16BrFN2O3/c1-2-27-20(26)15(10-23)18-14-5-3-4-6-17(14)24(19(18)25)11-12-7-8-13(21)9-16(12)22/h3-9,15,18H,2,11H2,1H3. The number of carbonyl (C=O) groups is 2. The third kappa shape index (κ3) is 3.58. The van der Waals surface area contributed by atoms with Gasteiger partial charge in [0, 0.05) is 15.7 Å². The number of esters is 1. The van der Waals surface area contributed by atoms with E-state index in [1.54, 1.807) is 43.3 Å². The van der Waals surface area contributed by atoms with E-state index in [2.05, 4.69) is 15.9 Å². The Labute approximate surface area is 164 Å². The van der Waals surface area contributed by atoms with Crippen molar-refractivity contribution in [3.05, 3.63) is 63.9 Å². The minimum Gasteiger partial charge on any atom is -0.465 e. The maximum Gasteiger partial charge on any atom is 0.324 e. The molecule has 0 N–H and O–H groups in total. The molecule has 2 aromatic carbocycles. The largest absolute Gasteiger partial charge is 0.465 e. The van der Waals surface area contributed by atoms with E-state index >= 15 is 0 Å². The smallest absolute Gasteiger partial charge is 0.324 e. The Morgan fingerprint density at radius 3 is 2.78 bits per heavy atom. The van der Waals surface area contributed by atoms with Gasteiger partial charge in [0.05, 0.1) is 25.1 Å². The van der Waals surface area contributed by atoms with Gasteiger partial charge >= 0.3 is 5.97 Å². The first kappa shape index (κ1) is 19.1. The molecular weight excluding hydrogens is 415 g/mol. The zero-order chi connectivity index (χ0) is 19.6. The molecule has 0 saturated heterocycles. The molecule has 27 heavy (non-hydrogen) atoms. The number of hydrogen-bond acceptors (Lipinski definition) is 4. The molecule has 5 nitrogen and oxygen atoms in total. The molecule has 0 saturated carbocycles. The summed E-state index contributed by atoms with van der Waals surface area (Å²) in [6.07, 6.45) is 0. The minimum atomic E-state index is -1.25. The van der Waals surface area contributed by atoms with Gasteiger partial charge in [0.15, 0.2) is 5.92 Å². The van der Waals surface area contributed by atoms with Crippen LogP contribution in [0.5, 0.6) is 0 Å². The molecule has 0 fully saturated rings. The van der Waals surface area contributed by atoms with Crippen molar-refractivity contribution in [1.29, 1.82) is 5.26 Å². The van der Waals surface area contributed by atoms with Crippen LogP contribution >= 0.6 is 15.9 Å². The molecule has 2 aromatic rings.